The Hall–Kier alpha value is -0.580. The van der Waals surface area contributed by atoms with E-state index in [1.54, 1.807) is 0 Å². The van der Waals surface area contributed by atoms with Crippen LogP contribution in [0.5, 0.6) is 0 Å². The normalized spacial score (nSPS) is 11.6. The molecule has 0 radical (unpaired) electrons. The summed E-state index contributed by atoms with van der Waals surface area (Å²) < 4.78 is 1.06. The summed E-state index contributed by atoms with van der Waals surface area (Å²) in [5.41, 5.74) is 7.92. The van der Waals surface area contributed by atoms with Crippen LogP contribution >= 0.6 is 28.3 Å². The highest BCUT2D eigenvalue weighted by molar-refractivity contribution is 9.10. The van der Waals surface area contributed by atoms with E-state index in [1.807, 2.05) is 32.0 Å². The van der Waals surface area contributed by atoms with E-state index in [0.29, 0.717) is 13.0 Å². The van der Waals surface area contributed by atoms with Gasteiger partial charge in [-0.05, 0) is 43.5 Å². The van der Waals surface area contributed by atoms with Gasteiger partial charge in [-0.15, -0.1) is 12.4 Å². The van der Waals surface area contributed by atoms with Gasteiger partial charge in [0.2, 0.25) is 5.91 Å². The molecule has 1 atom stereocenters. The minimum Gasteiger partial charge on any atom is -0.352 e. The number of benzene rings is 1. The third-order valence-corrected chi connectivity index (χ3v) is 3.10. The smallest absolute Gasteiger partial charge is 0.220 e. The number of hydrogen-bond acceptors (Lipinski definition) is 2. The summed E-state index contributed by atoms with van der Waals surface area (Å²) in [6.07, 6.45) is 1.22. The Morgan fingerprint density at radius 1 is 1.50 bits per heavy atom. The molecule has 0 saturated carbocycles. The zero-order valence-corrected chi connectivity index (χ0v) is 13.1. The van der Waals surface area contributed by atoms with Crippen LogP contribution in [0, 0.1) is 6.92 Å². The second-order valence-corrected chi connectivity index (χ2v) is 5.28. The summed E-state index contributed by atoms with van der Waals surface area (Å²) >= 11 is 3.42. The maximum atomic E-state index is 11.5. The van der Waals surface area contributed by atoms with Gasteiger partial charge in [0.05, 0.1) is 0 Å². The Labute approximate surface area is 123 Å². The van der Waals surface area contributed by atoms with Crippen molar-refractivity contribution < 1.29 is 4.79 Å². The van der Waals surface area contributed by atoms with Crippen molar-refractivity contribution in [1.82, 2.24) is 5.32 Å². The van der Waals surface area contributed by atoms with Crippen molar-refractivity contribution in [2.75, 3.05) is 0 Å². The summed E-state index contributed by atoms with van der Waals surface area (Å²) in [4.78, 5) is 11.5. The van der Waals surface area contributed by atoms with Gasteiger partial charge in [-0.3, -0.25) is 4.79 Å². The Kier molecular flexibility index (Phi) is 8.24. The average molecular weight is 336 g/mol. The number of amides is 1. The van der Waals surface area contributed by atoms with Gasteiger partial charge in [-0.25, -0.2) is 0 Å². The molecule has 0 aliphatic heterocycles. The first-order chi connectivity index (χ1) is 7.99. The quantitative estimate of drug-likeness (QED) is 0.869. The van der Waals surface area contributed by atoms with E-state index >= 15 is 0 Å². The summed E-state index contributed by atoms with van der Waals surface area (Å²) in [5.74, 6) is 0.0598. The van der Waals surface area contributed by atoms with Gasteiger partial charge in [-0.1, -0.05) is 22.0 Å². The maximum Gasteiger partial charge on any atom is 0.220 e. The van der Waals surface area contributed by atoms with Crippen molar-refractivity contribution in [2.45, 2.75) is 39.3 Å². The molecule has 1 unspecified atom stereocenters. The Bertz CT molecular complexity index is 397. The Balaban J connectivity index is 0.00000289. The van der Waals surface area contributed by atoms with E-state index in [9.17, 15) is 4.79 Å². The van der Waals surface area contributed by atoms with E-state index in [-0.39, 0.29) is 24.4 Å². The fraction of sp³-hybridized carbons (Fsp3) is 0.462. The van der Waals surface area contributed by atoms with Crippen LogP contribution in [0.15, 0.2) is 22.7 Å². The summed E-state index contributed by atoms with van der Waals surface area (Å²) in [5, 5.41) is 2.90. The minimum absolute atomic E-state index is 0. The van der Waals surface area contributed by atoms with E-state index in [4.69, 9.17) is 5.73 Å². The van der Waals surface area contributed by atoms with Crippen molar-refractivity contribution in [3.05, 3.63) is 33.8 Å². The predicted octanol–water partition coefficient (Wildman–Crippen LogP) is 2.92. The van der Waals surface area contributed by atoms with Gasteiger partial charge in [0.1, 0.15) is 0 Å². The highest BCUT2D eigenvalue weighted by Crippen LogP contribution is 2.15. The molecule has 1 rings (SSSR count). The molecule has 0 heterocycles. The van der Waals surface area contributed by atoms with Crippen molar-refractivity contribution in [3.63, 3.8) is 0 Å². The topological polar surface area (TPSA) is 55.1 Å². The molecule has 0 aliphatic rings. The lowest BCUT2D eigenvalue weighted by atomic mass is 10.1. The number of carbonyl (C=O) groups is 1. The van der Waals surface area contributed by atoms with Crippen LogP contribution in [-0.4, -0.2) is 11.9 Å². The SMILES string of the molecule is Cc1cc(Br)ccc1CNC(=O)CCC(C)N.Cl. The minimum atomic E-state index is 0. The van der Waals surface area contributed by atoms with E-state index in [1.165, 1.54) is 5.56 Å². The molecule has 0 saturated heterocycles. The van der Waals surface area contributed by atoms with Gasteiger partial charge in [0, 0.05) is 23.5 Å². The summed E-state index contributed by atoms with van der Waals surface area (Å²) in [6, 6.07) is 6.13. The summed E-state index contributed by atoms with van der Waals surface area (Å²) in [6.45, 7) is 4.53. The fourth-order valence-electron chi connectivity index (χ4n) is 1.50. The van der Waals surface area contributed by atoms with Crippen LogP contribution < -0.4 is 11.1 Å². The molecule has 3 N–H and O–H groups in total. The molecule has 0 spiro atoms. The van der Waals surface area contributed by atoms with Crippen molar-refractivity contribution in [1.29, 1.82) is 0 Å². The number of carbonyl (C=O) groups excluding carboxylic acids is 1. The lowest BCUT2D eigenvalue weighted by molar-refractivity contribution is -0.121. The van der Waals surface area contributed by atoms with Gasteiger partial charge >= 0.3 is 0 Å². The standard InChI is InChI=1S/C13H19BrN2O.ClH/c1-9-7-12(14)5-4-11(9)8-16-13(17)6-3-10(2)15;/h4-5,7,10H,3,6,8,15H2,1-2H3,(H,16,17);1H. The third kappa shape index (κ3) is 6.38. The van der Waals surface area contributed by atoms with Crippen LogP contribution in [0.3, 0.4) is 0 Å². The maximum absolute atomic E-state index is 11.5. The molecular weight excluding hydrogens is 316 g/mol. The van der Waals surface area contributed by atoms with E-state index in [0.717, 1.165) is 16.5 Å². The molecule has 1 aromatic rings. The number of nitrogens with one attached hydrogen (secondary N) is 1. The number of rotatable bonds is 5. The molecule has 0 aliphatic carbocycles. The van der Waals surface area contributed by atoms with Crippen molar-refractivity contribution in [3.8, 4) is 0 Å². The first-order valence-corrected chi connectivity index (χ1v) is 6.55. The molecule has 1 amide bonds. The molecule has 5 heteroatoms. The first kappa shape index (κ1) is 17.4. The predicted molar refractivity (Wildman–Crippen MR) is 80.9 cm³/mol. The molecule has 18 heavy (non-hydrogen) atoms. The van der Waals surface area contributed by atoms with Crippen LogP contribution in [0.25, 0.3) is 0 Å². The zero-order valence-electron chi connectivity index (χ0n) is 10.7. The molecule has 102 valence electrons. The van der Waals surface area contributed by atoms with Crippen LogP contribution in [0.2, 0.25) is 0 Å². The number of halogens is 2. The zero-order chi connectivity index (χ0) is 12.8. The van der Waals surface area contributed by atoms with Crippen molar-refractivity contribution in [2.24, 2.45) is 5.73 Å². The lowest BCUT2D eigenvalue weighted by Crippen LogP contribution is -2.25. The Morgan fingerprint density at radius 2 is 2.17 bits per heavy atom. The highest BCUT2D eigenvalue weighted by atomic mass is 79.9. The highest BCUT2D eigenvalue weighted by Gasteiger charge is 2.04. The first-order valence-electron chi connectivity index (χ1n) is 5.76. The van der Waals surface area contributed by atoms with Gasteiger partial charge in [0.15, 0.2) is 0 Å². The Morgan fingerprint density at radius 3 is 2.72 bits per heavy atom. The summed E-state index contributed by atoms with van der Waals surface area (Å²) in [7, 11) is 0. The van der Waals surface area contributed by atoms with E-state index in [2.05, 4.69) is 21.2 Å². The van der Waals surface area contributed by atoms with Gasteiger partial charge in [-0.2, -0.15) is 0 Å². The monoisotopic (exact) mass is 334 g/mol. The number of aryl methyl sites for hydroxylation is 1. The van der Waals surface area contributed by atoms with Crippen molar-refractivity contribution >= 4 is 34.2 Å². The molecule has 1 aromatic carbocycles. The largest absolute Gasteiger partial charge is 0.352 e. The number of nitrogens with two attached hydrogens (primary N) is 1. The van der Waals surface area contributed by atoms with E-state index < -0.39 is 0 Å². The van der Waals surface area contributed by atoms with Crippen LogP contribution in [0.4, 0.5) is 0 Å². The fourth-order valence-corrected chi connectivity index (χ4v) is 1.97. The number of hydrogen-bond donors (Lipinski definition) is 2. The average Bonchev–Trinajstić information content (AvgIpc) is 2.25. The second-order valence-electron chi connectivity index (χ2n) is 4.36. The molecule has 3 nitrogen and oxygen atoms in total. The molecular formula is C13H20BrClN2O. The molecule has 0 bridgehead atoms. The third-order valence-electron chi connectivity index (χ3n) is 2.61. The second kappa shape index (κ2) is 8.51. The molecule has 0 aromatic heterocycles. The van der Waals surface area contributed by atoms with Gasteiger partial charge in [0.25, 0.3) is 0 Å². The van der Waals surface area contributed by atoms with Crippen LogP contribution in [0.1, 0.15) is 30.9 Å². The molecule has 0 fully saturated rings. The lowest BCUT2D eigenvalue weighted by Gasteiger charge is -2.09. The van der Waals surface area contributed by atoms with Gasteiger partial charge < -0.3 is 11.1 Å². The van der Waals surface area contributed by atoms with Crippen LogP contribution in [-0.2, 0) is 11.3 Å².